The first-order valence-corrected chi connectivity index (χ1v) is 6.98. The number of hydrogen-bond donors (Lipinski definition) is 3. The Kier molecular flexibility index (Phi) is 3.09. The zero-order valence-corrected chi connectivity index (χ0v) is 11.9. The van der Waals surface area contributed by atoms with Gasteiger partial charge in [-0.2, -0.15) is 0 Å². The third kappa shape index (κ3) is 2.44. The number of nitrogen functional groups attached to an aromatic ring is 1. The van der Waals surface area contributed by atoms with Crippen molar-refractivity contribution in [2.45, 2.75) is 25.2 Å². The fourth-order valence-electron chi connectivity index (χ4n) is 2.56. The molecule has 4 heteroatoms. The highest BCUT2D eigenvalue weighted by Gasteiger charge is 2.51. The summed E-state index contributed by atoms with van der Waals surface area (Å²) in [5.41, 5.74) is 8.41. The molecule has 1 fully saturated rings. The molecule has 1 saturated carbocycles. The molecule has 0 bridgehead atoms. The number of nitrogens with two attached hydrogens (primary N) is 1. The Balaban J connectivity index is 1.81. The van der Waals surface area contributed by atoms with E-state index in [2.05, 4.69) is 5.32 Å². The topological polar surface area (TPSA) is 75.4 Å². The number of phenolic OH excluding ortho intramolecular Hbond substituents is 1. The molecule has 0 radical (unpaired) electrons. The lowest BCUT2D eigenvalue weighted by molar-refractivity contribution is -0.118. The van der Waals surface area contributed by atoms with Gasteiger partial charge in [0.1, 0.15) is 5.75 Å². The summed E-state index contributed by atoms with van der Waals surface area (Å²) in [4.78, 5) is 12.6. The lowest BCUT2D eigenvalue weighted by atomic mass is 9.94. The highest BCUT2D eigenvalue weighted by Crippen LogP contribution is 2.49. The molecule has 0 atom stereocenters. The van der Waals surface area contributed by atoms with Crippen LogP contribution in [0.3, 0.4) is 0 Å². The molecule has 1 amide bonds. The predicted molar refractivity (Wildman–Crippen MR) is 83.2 cm³/mol. The molecule has 0 heterocycles. The fourth-order valence-corrected chi connectivity index (χ4v) is 2.56. The van der Waals surface area contributed by atoms with Crippen molar-refractivity contribution in [3.05, 3.63) is 53.6 Å². The second-order valence-corrected chi connectivity index (χ2v) is 5.66. The van der Waals surface area contributed by atoms with E-state index in [0.29, 0.717) is 11.4 Å². The Morgan fingerprint density at radius 2 is 1.86 bits per heavy atom. The van der Waals surface area contributed by atoms with Gasteiger partial charge in [-0.15, -0.1) is 0 Å². The molecule has 0 aromatic heterocycles. The first-order valence-electron chi connectivity index (χ1n) is 6.98. The van der Waals surface area contributed by atoms with E-state index in [-0.39, 0.29) is 11.7 Å². The summed E-state index contributed by atoms with van der Waals surface area (Å²) in [5.74, 6) is 0.227. The van der Waals surface area contributed by atoms with Gasteiger partial charge in [0.25, 0.3) is 0 Å². The lowest BCUT2D eigenvalue weighted by Crippen LogP contribution is -2.27. The number of amides is 1. The minimum absolute atomic E-state index is 0.00244. The zero-order chi connectivity index (χ0) is 15.0. The van der Waals surface area contributed by atoms with Crippen LogP contribution < -0.4 is 11.1 Å². The van der Waals surface area contributed by atoms with E-state index >= 15 is 0 Å². The van der Waals surface area contributed by atoms with Crippen LogP contribution in [-0.4, -0.2) is 11.0 Å². The molecule has 108 valence electrons. The molecule has 3 rings (SSSR count). The minimum Gasteiger partial charge on any atom is -0.508 e. The van der Waals surface area contributed by atoms with Gasteiger partial charge in [0.2, 0.25) is 5.91 Å². The monoisotopic (exact) mass is 282 g/mol. The van der Waals surface area contributed by atoms with Gasteiger partial charge in [-0.25, -0.2) is 0 Å². The highest BCUT2D eigenvalue weighted by atomic mass is 16.3. The average Bonchev–Trinajstić information content (AvgIpc) is 3.25. The van der Waals surface area contributed by atoms with E-state index in [4.69, 9.17) is 5.73 Å². The van der Waals surface area contributed by atoms with Gasteiger partial charge in [-0.3, -0.25) is 4.79 Å². The number of anilines is 2. The molecule has 2 aromatic carbocycles. The van der Waals surface area contributed by atoms with Crippen molar-refractivity contribution >= 4 is 17.3 Å². The van der Waals surface area contributed by atoms with Crippen LogP contribution in [0.1, 0.15) is 24.0 Å². The molecule has 2 aromatic rings. The van der Waals surface area contributed by atoms with E-state index in [1.165, 1.54) is 0 Å². The Morgan fingerprint density at radius 3 is 2.43 bits per heavy atom. The quantitative estimate of drug-likeness (QED) is 0.598. The maximum atomic E-state index is 12.6. The third-order valence-electron chi connectivity index (χ3n) is 4.10. The van der Waals surface area contributed by atoms with E-state index in [9.17, 15) is 9.90 Å². The minimum atomic E-state index is -0.431. The van der Waals surface area contributed by atoms with Crippen molar-refractivity contribution < 1.29 is 9.90 Å². The molecule has 1 aliphatic rings. The van der Waals surface area contributed by atoms with Crippen molar-refractivity contribution in [1.82, 2.24) is 0 Å². The Labute approximate surface area is 123 Å². The largest absolute Gasteiger partial charge is 0.508 e. The second-order valence-electron chi connectivity index (χ2n) is 5.66. The molecule has 0 saturated heterocycles. The molecule has 1 aliphatic carbocycles. The molecule has 0 aliphatic heterocycles. The van der Waals surface area contributed by atoms with Crippen molar-refractivity contribution in [2.24, 2.45) is 0 Å². The Bertz CT molecular complexity index is 688. The van der Waals surface area contributed by atoms with Gasteiger partial charge in [0.05, 0.1) is 5.41 Å². The Morgan fingerprint density at radius 1 is 1.19 bits per heavy atom. The van der Waals surface area contributed by atoms with Crippen molar-refractivity contribution in [2.75, 3.05) is 11.1 Å². The molecule has 4 N–H and O–H groups in total. The number of aryl methyl sites for hydroxylation is 1. The van der Waals surface area contributed by atoms with E-state index in [1.807, 2.05) is 24.3 Å². The molecule has 0 unspecified atom stereocenters. The maximum Gasteiger partial charge on any atom is 0.235 e. The zero-order valence-electron chi connectivity index (χ0n) is 11.9. The number of carbonyl (C=O) groups excluding carboxylic acids is 1. The summed E-state index contributed by atoms with van der Waals surface area (Å²) in [7, 11) is 0. The van der Waals surface area contributed by atoms with Crippen LogP contribution in [-0.2, 0) is 10.2 Å². The summed E-state index contributed by atoms with van der Waals surface area (Å²) in [6.07, 6.45) is 1.69. The summed E-state index contributed by atoms with van der Waals surface area (Å²) in [5, 5.41) is 12.5. The molecular formula is C17H18N2O2. The van der Waals surface area contributed by atoms with E-state index in [0.717, 1.165) is 24.0 Å². The first kappa shape index (κ1) is 13.5. The van der Waals surface area contributed by atoms with Gasteiger partial charge < -0.3 is 16.2 Å². The average molecular weight is 282 g/mol. The van der Waals surface area contributed by atoms with Crippen molar-refractivity contribution in [3.63, 3.8) is 0 Å². The SMILES string of the molecule is Cc1cc(NC(=O)C2(c3ccc(N)cc3)CC2)ccc1O. The maximum absolute atomic E-state index is 12.6. The van der Waals surface area contributed by atoms with Gasteiger partial charge in [0.15, 0.2) is 0 Å². The number of phenols is 1. The highest BCUT2D eigenvalue weighted by molar-refractivity contribution is 6.01. The van der Waals surface area contributed by atoms with Gasteiger partial charge in [0, 0.05) is 11.4 Å². The molecular weight excluding hydrogens is 264 g/mol. The summed E-state index contributed by atoms with van der Waals surface area (Å²) in [6, 6.07) is 12.6. The number of aromatic hydroxyl groups is 1. The predicted octanol–water partition coefficient (Wildman–Crippen LogP) is 2.95. The number of benzene rings is 2. The van der Waals surface area contributed by atoms with Crippen LogP contribution >= 0.6 is 0 Å². The van der Waals surface area contributed by atoms with Gasteiger partial charge >= 0.3 is 0 Å². The van der Waals surface area contributed by atoms with Gasteiger partial charge in [-0.1, -0.05) is 12.1 Å². The van der Waals surface area contributed by atoms with Crippen molar-refractivity contribution in [1.29, 1.82) is 0 Å². The molecule has 0 spiro atoms. The second kappa shape index (κ2) is 4.81. The van der Waals surface area contributed by atoms with Crippen LogP contribution in [0.2, 0.25) is 0 Å². The van der Waals surface area contributed by atoms with Crippen LogP contribution in [0.5, 0.6) is 5.75 Å². The van der Waals surface area contributed by atoms with Crippen LogP contribution in [0.4, 0.5) is 11.4 Å². The smallest absolute Gasteiger partial charge is 0.235 e. The summed E-state index contributed by atoms with van der Waals surface area (Å²) < 4.78 is 0. The first-order chi connectivity index (χ1) is 10.0. The van der Waals surface area contributed by atoms with E-state index in [1.54, 1.807) is 25.1 Å². The fraction of sp³-hybridized carbons (Fsp3) is 0.235. The van der Waals surface area contributed by atoms with Crippen LogP contribution in [0.25, 0.3) is 0 Å². The van der Waals surface area contributed by atoms with E-state index < -0.39 is 5.41 Å². The number of carbonyl (C=O) groups is 1. The summed E-state index contributed by atoms with van der Waals surface area (Å²) >= 11 is 0. The third-order valence-corrected chi connectivity index (χ3v) is 4.10. The number of rotatable bonds is 3. The lowest BCUT2D eigenvalue weighted by Gasteiger charge is -2.16. The molecule has 21 heavy (non-hydrogen) atoms. The van der Waals surface area contributed by atoms with Crippen LogP contribution in [0.15, 0.2) is 42.5 Å². The number of nitrogens with one attached hydrogen (secondary N) is 1. The Hall–Kier alpha value is -2.49. The molecule has 4 nitrogen and oxygen atoms in total. The van der Waals surface area contributed by atoms with Crippen LogP contribution in [0, 0.1) is 6.92 Å². The van der Waals surface area contributed by atoms with Gasteiger partial charge in [-0.05, 0) is 61.2 Å². The number of hydrogen-bond acceptors (Lipinski definition) is 3. The normalized spacial score (nSPS) is 15.5. The standard InChI is InChI=1S/C17H18N2O2/c1-11-10-14(6-7-15(11)20)19-16(21)17(8-9-17)12-2-4-13(18)5-3-12/h2-7,10,20H,8-9,18H2,1H3,(H,19,21). The summed E-state index contributed by atoms with van der Waals surface area (Å²) in [6.45, 7) is 1.80. The van der Waals surface area contributed by atoms with Crippen molar-refractivity contribution in [3.8, 4) is 5.75 Å².